The number of aryl methyl sites for hydroxylation is 1. The second-order valence-corrected chi connectivity index (χ2v) is 10.5. The second kappa shape index (κ2) is 12.0. The third-order valence-corrected chi connectivity index (χ3v) is 6.69. The largest absolute Gasteiger partial charge is 0.474 e. The minimum absolute atomic E-state index is 0.0474. The van der Waals surface area contributed by atoms with Crippen molar-refractivity contribution in [3.05, 3.63) is 35.8 Å². The monoisotopic (exact) mass is 562 g/mol. The highest BCUT2D eigenvalue weighted by Crippen LogP contribution is 2.41. The lowest BCUT2D eigenvalue weighted by Crippen LogP contribution is -2.44. The molecule has 13 heteroatoms. The summed E-state index contributed by atoms with van der Waals surface area (Å²) in [6, 6.07) is 1.15. The highest BCUT2D eigenvalue weighted by atomic mass is 19.3. The van der Waals surface area contributed by atoms with Crippen LogP contribution >= 0.6 is 0 Å². The summed E-state index contributed by atoms with van der Waals surface area (Å²) in [5.74, 6) is -3.55. The van der Waals surface area contributed by atoms with Crippen LogP contribution in [0.2, 0.25) is 0 Å². The molecule has 2 N–H and O–H groups in total. The number of hydrogen-bond donors (Lipinski definition) is 2. The molecule has 40 heavy (non-hydrogen) atoms. The molecule has 0 radical (unpaired) electrons. The first-order valence-electron chi connectivity index (χ1n) is 13.5. The lowest BCUT2D eigenvalue weighted by atomic mass is 10.1. The SMILES string of the molecule is CCCC(CC)N(C(=O)Nc1cnc(OC[C@H]2COC(C)(C)O2)cn1)c1nc(C(=O)NC2CC2(F)F)ccc1C. The van der Waals surface area contributed by atoms with Crippen LogP contribution in [0, 0.1) is 6.92 Å². The van der Waals surface area contributed by atoms with E-state index in [1.165, 1.54) is 23.4 Å². The second-order valence-electron chi connectivity index (χ2n) is 10.5. The van der Waals surface area contributed by atoms with Gasteiger partial charge in [-0.1, -0.05) is 26.3 Å². The summed E-state index contributed by atoms with van der Waals surface area (Å²) in [6.07, 6.45) is 4.24. The Morgan fingerprint density at radius 1 is 1.23 bits per heavy atom. The summed E-state index contributed by atoms with van der Waals surface area (Å²) < 4.78 is 43.5. The summed E-state index contributed by atoms with van der Waals surface area (Å²) in [5.41, 5.74) is 0.600. The molecule has 4 rings (SSSR count). The molecule has 2 fully saturated rings. The van der Waals surface area contributed by atoms with E-state index in [0.29, 0.717) is 25.0 Å². The van der Waals surface area contributed by atoms with Gasteiger partial charge < -0.3 is 19.5 Å². The third-order valence-electron chi connectivity index (χ3n) is 6.69. The van der Waals surface area contributed by atoms with E-state index in [1.54, 1.807) is 13.0 Å². The Bertz CT molecular complexity index is 1210. The van der Waals surface area contributed by atoms with Crippen molar-refractivity contribution in [2.24, 2.45) is 0 Å². The number of amides is 3. The van der Waals surface area contributed by atoms with Gasteiger partial charge in [0.05, 0.1) is 25.0 Å². The summed E-state index contributed by atoms with van der Waals surface area (Å²) >= 11 is 0. The molecule has 3 atom stereocenters. The standard InChI is InChI=1S/C27H36F2N6O5/c1-6-8-17(7-2)35(23-16(3)9-10-19(32-23)24(36)33-20-11-27(20,28)29)25(37)34-21-12-31-22(13-30-21)38-14-18-15-39-26(4,5)40-18/h9-10,12-13,17-18,20H,6-8,11,14-15H2,1-5H3,(H,33,36)(H,30,34,37)/t17?,18-,20?/m0/s1. The Morgan fingerprint density at radius 3 is 2.55 bits per heavy atom. The Kier molecular flexibility index (Phi) is 8.83. The molecular weight excluding hydrogens is 526 g/mol. The van der Waals surface area contributed by atoms with Crippen molar-refractivity contribution in [1.29, 1.82) is 0 Å². The van der Waals surface area contributed by atoms with Crippen LogP contribution in [0.4, 0.5) is 25.2 Å². The van der Waals surface area contributed by atoms with Crippen LogP contribution in [-0.4, -0.2) is 70.0 Å². The van der Waals surface area contributed by atoms with Gasteiger partial charge >= 0.3 is 6.03 Å². The first-order chi connectivity index (χ1) is 18.9. The predicted octanol–water partition coefficient (Wildman–Crippen LogP) is 4.46. The van der Waals surface area contributed by atoms with Crippen molar-refractivity contribution < 1.29 is 32.6 Å². The van der Waals surface area contributed by atoms with E-state index in [-0.39, 0.29) is 42.0 Å². The molecule has 1 saturated heterocycles. The molecule has 2 aromatic rings. The van der Waals surface area contributed by atoms with E-state index < -0.39 is 36.1 Å². The first-order valence-corrected chi connectivity index (χ1v) is 13.5. The van der Waals surface area contributed by atoms with Gasteiger partial charge in [-0.3, -0.25) is 15.0 Å². The number of hydrogen-bond acceptors (Lipinski definition) is 8. The quantitative estimate of drug-likeness (QED) is 0.411. The van der Waals surface area contributed by atoms with Crippen molar-refractivity contribution in [2.75, 3.05) is 23.4 Å². The molecule has 0 aromatic carbocycles. The Hall–Kier alpha value is -3.45. The normalized spacial score (nSPS) is 21.4. The lowest BCUT2D eigenvalue weighted by molar-refractivity contribution is -0.141. The van der Waals surface area contributed by atoms with Gasteiger partial charge in [0.2, 0.25) is 5.88 Å². The van der Waals surface area contributed by atoms with Gasteiger partial charge in [0.1, 0.15) is 24.2 Å². The predicted molar refractivity (Wildman–Crippen MR) is 143 cm³/mol. The topological polar surface area (TPSA) is 128 Å². The fourth-order valence-corrected chi connectivity index (χ4v) is 4.42. The molecule has 0 bridgehead atoms. The van der Waals surface area contributed by atoms with E-state index in [0.717, 1.165) is 6.42 Å². The molecule has 218 valence electrons. The van der Waals surface area contributed by atoms with E-state index in [4.69, 9.17) is 14.2 Å². The van der Waals surface area contributed by atoms with E-state index >= 15 is 0 Å². The minimum Gasteiger partial charge on any atom is -0.474 e. The molecular formula is C27H36F2N6O5. The summed E-state index contributed by atoms with van der Waals surface area (Å²) in [4.78, 5) is 40.6. The number of carbonyl (C=O) groups is 2. The number of anilines is 2. The number of nitrogens with one attached hydrogen (secondary N) is 2. The molecule has 2 unspecified atom stereocenters. The smallest absolute Gasteiger partial charge is 0.328 e. The van der Waals surface area contributed by atoms with Crippen LogP contribution in [0.1, 0.15) is 69.4 Å². The number of nitrogens with zero attached hydrogens (tertiary/aromatic N) is 4. The molecule has 0 spiro atoms. The minimum atomic E-state index is -2.90. The summed E-state index contributed by atoms with van der Waals surface area (Å²) in [5, 5.41) is 5.06. The molecule has 3 amide bonds. The fraction of sp³-hybridized carbons (Fsp3) is 0.593. The van der Waals surface area contributed by atoms with Gasteiger partial charge in [0.25, 0.3) is 11.8 Å². The van der Waals surface area contributed by atoms with Crippen molar-refractivity contribution in [1.82, 2.24) is 20.3 Å². The fourth-order valence-electron chi connectivity index (χ4n) is 4.42. The van der Waals surface area contributed by atoms with Crippen LogP contribution in [0.15, 0.2) is 24.5 Å². The van der Waals surface area contributed by atoms with Gasteiger partial charge in [-0.2, -0.15) is 0 Å². The molecule has 2 aliphatic rings. The number of ether oxygens (including phenoxy) is 3. The molecule has 1 aliphatic heterocycles. The number of halogens is 2. The summed E-state index contributed by atoms with van der Waals surface area (Å²) in [6.45, 7) is 10.0. The number of rotatable bonds is 11. The molecule has 11 nitrogen and oxygen atoms in total. The average Bonchev–Trinajstić information content (AvgIpc) is 3.34. The van der Waals surface area contributed by atoms with Gasteiger partial charge in [-0.15, -0.1) is 0 Å². The first kappa shape index (κ1) is 29.5. The van der Waals surface area contributed by atoms with Crippen molar-refractivity contribution in [3.8, 4) is 5.88 Å². The van der Waals surface area contributed by atoms with Crippen molar-refractivity contribution in [2.45, 2.75) is 90.2 Å². The maximum Gasteiger partial charge on any atom is 0.328 e. The Balaban J connectivity index is 1.48. The number of alkyl halides is 2. The van der Waals surface area contributed by atoms with E-state index in [2.05, 4.69) is 25.6 Å². The van der Waals surface area contributed by atoms with E-state index in [1.807, 2.05) is 27.7 Å². The van der Waals surface area contributed by atoms with Gasteiger partial charge in [0, 0.05) is 12.5 Å². The number of carbonyl (C=O) groups excluding carboxylic acids is 2. The zero-order chi connectivity index (χ0) is 29.1. The van der Waals surface area contributed by atoms with Crippen LogP contribution in [0.25, 0.3) is 0 Å². The summed E-state index contributed by atoms with van der Waals surface area (Å²) in [7, 11) is 0. The number of urea groups is 1. The Labute approximate surface area is 232 Å². The highest BCUT2D eigenvalue weighted by molar-refractivity contribution is 6.02. The van der Waals surface area contributed by atoms with Crippen LogP contribution in [-0.2, 0) is 9.47 Å². The van der Waals surface area contributed by atoms with E-state index in [9.17, 15) is 18.4 Å². The molecule has 3 heterocycles. The lowest BCUT2D eigenvalue weighted by Gasteiger charge is -2.31. The van der Waals surface area contributed by atoms with Crippen LogP contribution in [0.3, 0.4) is 0 Å². The van der Waals surface area contributed by atoms with Gasteiger partial charge in [-0.05, 0) is 45.2 Å². The molecule has 1 aliphatic carbocycles. The zero-order valence-electron chi connectivity index (χ0n) is 23.4. The maximum absolute atomic E-state index is 13.6. The van der Waals surface area contributed by atoms with Crippen LogP contribution < -0.4 is 20.3 Å². The molecule has 2 aromatic heterocycles. The number of aromatic nitrogens is 3. The number of pyridine rings is 1. The highest BCUT2D eigenvalue weighted by Gasteiger charge is 2.58. The van der Waals surface area contributed by atoms with Crippen LogP contribution in [0.5, 0.6) is 5.88 Å². The third kappa shape index (κ3) is 7.19. The van der Waals surface area contributed by atoms with Crippen molar-refractivity contribution in [3.63, 3.8) is 0 Å². The van der Waals surface area contributed by atoms with Gasteiger partial charge in [-0.25, -0.2) is 28.5 Å². The average molecular weight is 563 g/mol. The Morgan fingerprint density at radius 2 is 1.98 bits per heavy atom. The van der Waals surface area contributed by atoms with Crippen molar-refractivity contribution >= 4 is 23.6 Å². The van der Waals surface area contributed by atoms with Gasteiger partial charge in [0.15, 0.2) is 11.6 Å². The zero-order valence-corrected chi connectivity index (χ0v) is 23.4. The maximum atomic E-state index is 13.6. The molecule has 1 saturated carbocycles.